The van der Waals surface area contributed by atoms with Crippen molar-refractivity contribution >= 4 is 11.3 Å². The second-order valence-corrected chi connectivity index (χ2v) is 5.13. The number of hydrogen-bond acceptors (Lipinski definition) is 4. The van der Waals surface area contributed by atoms with Crippen LogP contribution in [0.25, 0.3) is 0 Å². The molecule has 0 aliphatic carbocycles. The lowest BCUT2D eigenvalue weighted by Gasteiger charge is -2.30. The molecule has 0 bridgehead atoms. The number of ether oxygens (including phenoxy) is 2. The molecule has 0 spiro atoms. The molecule has 3 nitrogen and oxygen atoms in total. The van der Waals surface area contributed by atoms with Crippen LogP contribution in [0, 0.1) is 6.92 Å². The zero-order chi connectivity index (χ0) is 11.4. The minimum atomic E-state index is 0.141. The molecule has 1 saturated heterocycles. The minimum absolute atomic E-state index is 0.141. The van der Waals surface area contributed by atoms with Crippen molar-refractivity contribution in [1.82, 2.24) is 5.32 Å². The van der Waals surface area contributed by atoms with Gasteiger partial charge in [0.1, 0.15) is 6.10 Å². The molecule has 1 aromatic rings. The summed E-state index contributed by atoms with van der Waals surface area (Å²) in [4.78, 5) is 1.34. The monoisotopic (exact) mass is 241 g/mol. The van der Waals surface area contributed by atoms with Gasteiger partial charge in [-0.1, -0.05) is 6.92 Å². The van der Waals surface area contributed by atoms with E-state index in [1.165, 1.54) is 10.4 Å². The summed E-state index contributed by atoms with van der Waals surface area (Å²) >= 11 is 1.79. The van der Waals surface area contributed by atoms with Crippen molar-refractivity contribution in [2.45, 2.75) is 26.0 Å². The van der Waals surface area contributed by atoms with Crippen molar-refractivity contribution in [3.05, 3.63) is 21.9 Å². The third-order valence-corrected chi connectivity index (χ3v) is 3.63. The Morgan fingerprint density at radius 2 is 2.44 bits per heavy atom. The molecule has 90 valence electrons. The Balaban J connectivity index is 2.09. The van der Waals surface area contributed by atoms with Gasteiger partial charge < -0.3 is 14.8 Å². The number of hydrogen-bond donors (Lipinski definition) is 1. The van der Waals surface area contributed by atoms with Crippen molar-refractivity contribution in [2.24, 2.45) is 0 Å². The fourth-order valence-electron chi connectivity index (χ4n) is 2.01. The number of rotatable bonds is 4. The van der Waals surface area contributed by atoms with Crippen LogP contribution < -0.4 is 5.32 Å². The van der Waals surface area contributed by atoms with Crippen LogP contribution in [0.2, 0.25) is 0 Å². The molecule has 0 saturated carbocycles. The standard InChI is InChI=1S/C12H19NO2S/c1-3-13-12(10-6-9(2)16-8-10)11-7-14-4-5-15-11/h6,8,11-13H,3-5,7H2,1-2H3. The topological polar surface area (TPSA) is 30.5 Å². The quantitative estimate of drug-likeness (QED) is 0.876. The molecule has 0 radical (unpaired) electrons. The number of nitrogens with one attached hydrogen (secondary N) is 1. The Bertz CT molecular complexity index is 321. The summed E-state index contributed by atoms with van der Waals surface area (Å²) in [5, 5.41) is 5.69. The van der Waals surface area contributed by atoms with E-state index in [1.807, 2.05) is 0 Å². The highest BCUT2D eigenvalue weighted by atomic mass is 32.1. The summed E-state index contributed by atoms with van der Waals surface area (Å²) in [5.41, 5.74) is 1.32. The Hall–Kier alpha value is -0.420. The van der Waals surface area contributed by atoms with Gasteiger partial charge in [0.2, 0.25) is 0 Å². The first-order chi connectivity index (χ1) is 7.81. The molecule has 2 rings (SSSR count). The van der Waals surface area contributed by atoms with Crippen LogP contribution in [0.5, 0.6) is 0 Å². The lowest BCUT2D eigenvalue weighted by atomic mass is 10.0. The van der Waals surface area contributed by atoms with E-state index in [9.17, 15) is 0 Å². The normalized spacial score (nSPS) is 23.2. The lowest BCUT2D eigenvalue weighted by molar-refractivity contribution is -0.102. The second-order valence-electron chi connectivity index (χ2n) is 4.01. The van der Waals surface area contributed by atoms with E-state index in [2.05, 4.69) is 30.6 Å². The van der Waals surface area contributed by atoms with Crippen molar-refractivity contribution < 1.29 is 9.47 Å². The number of thiophene rings is 1. The lowest BCUT2D eigenvalue weighted by Crippen LogP contribution is -2.40. The van der Waals surface area contributed by atoms with Crippen LogP contribution in [0.15, 0.2) is 11.4 Å². The average Bonchev–Trinajstić information content (AvgIpc) is 2.74. The number of aryl methyl sites for hydroxylation is 1. The Labute approximate surface area is 101 Å². The minimum Gasteiger partial charge on any atom is -0.376 e. The molecule has 0 amide bonds. The summed E-state index contributed by atoms with van der Waals surface area (Å²) in [7, 11) is 0. The van der Waals surface area contributed by atoms with Gasteiger partial charge in [0.25, 0.3) is 0 Å². The summed E-state index contributed by atoms with van der Waals surface area (Å²) in [6.45, 7) is 7.31. The molecule has 4 heteroatoms. The fraction of sp³-hybridized carbons (Fsp3) is 0.667. The van der Waals surface area contributed by atoms with Gasteiger partial charge in [-0.05, 0) is 30.5 Å². The van der Waals surface area contributed by atoms with Crippen LogP contribution in [-0.4, -0.2) is 32.5 Å². The molecule has 1 fully saturated rings. The Morgan fingerprint density at radius 1 is 1.56 bits per heavy atom. The zero-order valence-electron chi connectivity index (χ0n) is 9.86. The van der Waals surface area contributed by atoms with Gasteiger partial charge in [-0.3, -0.25) is 0 Å². The van der Waals surface area contributed by atoms with Crippen LogP contribution in [0.1, 0.15) is 23.4 Å². The average molecular weight is 241 g/mol. The molecule has 1 N–H and O–H groups in total. The predicted octanol–water partition coefficient (Wildman–Crippen LogP) is 2.12. The predicted molar refractivity (Wildman–Crippen MR) is 66.0 cm³/mol. The summed E-state index contributed by atoms with van der Waals surface area (Å²) in [6.07, 6.45) is 0.141. The van der Waals surface area contributed by atoms with Crippen LogP contribution >= 0.6 is 11.3 Å². The van der Waals surface area contributed by atoms with Crippen LogP contribution in [-0.2, 0) is 9.47 Å². The van der Waals surface area contributed by atoms with Crippen LogP contribution in [0.3, 0.4) is 0 Å². The highest BCUT2D eigenvalue weighted by molar-refractivity contribution is 7.10. The highest BCUT2D eigenvalue weighted by Crippen LogP contribution is 2.25. The van der Waals surface area contributed by atoms with E-state index in [-0.39, 0.29) is 12.1 Å². The third-order valence-electron chi connectivity index (χ3n) is 2.75. The van der Waals surface area contributed by atoms with Crippen LogP contribution in [0.4, 0.5) is 0 Å². The number of likely N-dealkylation sites (N-methyl/N-ethyl adjacent to an activating group) is 1. The molecular weight excluding hydrogens is 222 g/mol. The Morgan fingerprint density at radius 3 is 3.00 bits per heavy atom. The molecule has 1 aromatic heterocycles. The van der Waals surface area contributed by atoms with Gasteiger partial charge in [0.05, 0.1) is 25.9 Å². The van der Waals surface area contributed by atoms with Gasteiger partial charge in [0, 0.05) is 4.88 Å². The molecule has 2 unspecified atom stereocenters. The SMILES string of the molecule is CCNC(c1csc(C)c1)C1COCCO1. The van der Waals surface area contributed by atoms with E-state index in [0.717, 1.165) is 13.2 Å². The van der Waals surface area contributed by atoms with E-state index >= 15 is 0 Å². The first kappa shape index (κ1) is 12.0. The van der Waals surface area contributed by atoms with Gasteiger partial charge in [0.15, 0.2) is 0 Å². The van der Waals surface area contributed by atoms with Crippen molar-refractivity contribution in [3.8, 4) is 0 Å². The summed E-state index contributed by atoms with van der Waals surface area (Å²) < 4.78 is 11.2. The first-order valence-corrected chi connectivity index (χ1v) is 6.67. The maximum absolute atomic E-state index is 5.77. The molecule has 1 aliphatic rings. The zero-order valence-corrected chi connectivity index (χ0v) is 10.7. The molecule has 2 atom stereocenters. The van der Waals surface area contributed by atoms with Gasteiger partial charge in [-0.2, -0.15) is 0 Å². The fourth-order valence-corrected chi connectivity index (χ4v) is 2.75. The van der Waals surface area contributed by atoms with Crippen molar-refractivity contribution in [3.63, 3.8) is 0 Å². The van der Waals surface area contributed by atoms with E-state index in [0.29, 0.717) is 13.2 Å². The summed E-state index contributed by atoms with van der Waals surface area (Å²) in [5.74, 6) is 0. The van der Waals surface area contributed by atoms with Crippen molar-refractivity contribution in [2.75, 3.05) is 26.4 Å². The van der Waals surface area contributed by atoms with Gasteiger partial charge in [-0.15, -0.1) is 11.3 Å². The second kappa shape index (κ2) is 5.77. The highest BCUT2D eigenvalue weighted by Gasteiger charge is 2.26. The van der Waals surface area contributed by atoms with E-state index < -0.39 is 0 Å². The maximum atomic E-state index is 5.77. The van der Waals surface area contributed by atoms with E-state index in [1.54, 1.807) is 11.3 Å². The summed E-state index contributed by atoms with van der Waals surface area (Å²) in [6, 6.07) is 2.49. The molecular formula is C12H19NO2S. The smallest absolute Gasteiger partial charge is 0.100 e. The van der Waals surface area contributed by atoms with Crippen molar-refractivity contribution in [1.29, 1.82) is 0 Å². The molecule has 2 heterocycles. The Kier molecular flexibility index (Phi) is 4.35. The van der Waals surface area contributed by atoms with E-state index in [4.69, 9.17) is 9.47 Å². The third kappa shape index (κ3) is 2.83. The molecule has 16 heavy (non-hydrogen) atoms. The first-order valence-electron chi connectivity index (χ1n) is 5.79. The van der Waals surface area contributed by atoms with Gasteiger partial charge in [-0.25, -0.2) is 0 Å². The van der Waals surface area contributed by atoms with Gasteiger partial charge >= 0.3 is 0 Å². The maximum Gasteiger partial charge on any atom is 0.100 e. The largest absolute Gasteiger partial charge is 0.376 e. The molecule has 0 aromatic carbocycles. The molecule has 1 aliphatic heterocycles.